The van der Waals surface area contributed by atoms with Crippen molar-refractivity contribution in [3.8, 4) is 0 Å². The first-order valence-electron chi connectivity index (χ1n) is 6.73. The number of piperidine rings is 1. The van der Waals surface area contributed by atoms with Gasteiger partial charge in [-0.3, -0.25) is 0 Å². The van der Waals surface area contributed by atoms with Gasteiger partial charge in [0.1, 0.15) is 0 Å². The zero-order valence-corrected chi connectivity index (χ0v) is 13.8. The Kier molecular flexibility index (Phi) is 8.34. The van der Waals surface area contributed by atoms with E-state index in [0.717, 1.165) is 0 Å². The van der Waals surface area contributed by atoms with Crippen molar-refractivity contribution in [3.63, 3.8) is 0 Å². The molecular formula is C13H21AsN2O5. The number of hydroxylamine groups is 1. The molecule has 8 heteroatoms. The Balaban J connectivity index is 0.000000304. The molecule has 0 bridgehead atoms. The number of hydrogen-bond donors (Lipinski definition) is 3. The predicted molar refractivity (Wildman–Crippen MR) is 77.9 cm³/mol. The third-order valence-electron chi connectivity index (χ3n) is 2.70. The summed E-state index contributed by atoms with van der Waals surface area (Å²) in [6.45, 7) is 3.68. The molecule has 0 aliphatic carbocycles. The van der Waals surface area contributed by atoms with Crippen LogP contribution in [0.2, 0.25) is 0 Å². The first-order chi connectivity index (χ1) is 10.1. The van der Waals surface area contributed by atoms with Crippen LogP contribution >= 0.6 is 0 Å². The molecule has 1 fully saturated rings. The molecule has 0 saturated carbocycles. The zero-order chi connectivity index (χ0) is 15.6. The Labute approximate surface area is 126 Å². The molecule has 7 nitrogen and oxygen atoms in total. The van der Waals surface area contributed by atoms with E-state index in [-0.39, 0.29) is 4.35 Å². The summed E-state index contributed by atoms with van der Waals surface area (Å²) < 4.78 is 20.5. The molecule has 1 heterocycles. The number of rotatable bonds is 4. The number of nitrogens with one attached hydrogen (secondary N) is 2. The molecule has 1 amide bonds. The molecule has 21 heavy (non-hydrogen) atoms. The van der Waals surface area contributed by atoms with Crippen molar-refractivity contribution in [1.82, 2.24) is 10.8 Å². The molecule has 118 valence electrons. The third kappa shape index (κ3) is 6.93. The monoisotopic (exact) mass is 360 g/mol. The fourth-order valence-corrected chi connectivity index (χ4v) is 3.79. The van der Waals surface area contributed by atoms with E-state index >= 15 is 0 Å². The van der Waals surface area contributed by atoms with Gasteiger partial charge in [-0.2, -0.15) is 0 Å². The van der Waals surface area contributed by atoms with Gasteiger partial charge in [-0.25, -0.2) is 0 Å². The van der Waals surface area contributed by atoms with Crippen LogP contribution in [-0.2, 0) is 16.2 Å². The Morgan fingerprint density at radius 1 is 1.24 bits per heavy atom. The Morgan fingerprint density at radius 3 is 2.24 bits per heavy atom. The van der Waals surface area contributed by atoms with E-state index in [2.05, 4.69) is 13.0 Å². The molecule has 0 aromatic heterocycles. The molecule has 1 aromatic rings. The van der Waals surface area contributed by atoms with E-state index < -0.39 is 20.1 Å². The van der Waals surface area contributed by atoms with Gasteiger partial charge >= 0.3 is 88.7 Å². The molecule has 0 radical (unpaired) electrons. The van der Waals surface area contributed by atoms with Crippen molar-refractivity contribution in [2.24, 2.45) is 0 Å². The summed E-state index contributed by atoms with van der Waals surface area (Å²) in [5, 5.41) is 11.8. The first kappa shape index (κ1) is 17.9. The van der Waals surface area contributed by atoms with Crippen LogP contribution in [0.15, 0.2) is 30.3 Å². The normalized spacial score (nSPS) is 17.0. The molecule has 1 unspecified atom stereocenters. The van der Waals surface area contributed by atoms with E-state index in [9.17, 15) is 8.53 Å². The van der Waals surface area contributed by atoms with Crippen LogP contribution in [0.3, 0.4) is 0 Å². The van der Waals surface area contributed by atoms with E-state index in [1.54, 1.807) is 18.2 Å². The van der Waals surface area contributed by atoms with E-state index in [4.69, 9.17) is 5.26 Å². The van der Waals surface area contributed by atoms with Crippen LogP contribution in [0.5, 0.6) is 0 Å². The second-order valence-corrected chi connectivity index (χ2v) is 8.37. The van der Waals surface area contributed by atoms with Crippen LogP contribution in [-0.4, -0.2) is 38.4 Å². The maximum atomic E-state index is 11.8. The third-order valence-corrected chi connectivity index (χ3v) is 5.80. The van der Waals surface area contributed by atoms with Crippen molar-refractivity contribution >= 4 is 24.4 Å². The van der Waals surface area contributed by atoms with Gasteiger partial charge < -0.3 is 5.32 Å². The van der Waals surface area contributed by atoms with Gasteiger partial charge in [0.15, 0.2) is 0 Å². The second kappa shape index (κ2) is 9.76. The maximum absolute atomic E-state index is 11.8. The fourth-order valence-electron chi connectivity index (χ4n) is 1.65. The Bertz CT molecular complexity index is 453. The second-order valence-electron chi connectivity index (χ2n) is 4.47. The SMILES string of the molecule is C1CCNCC1.CC(=O)NO[As](=O)(OO)c1ccccc1. The summed E-state index contributed by atoms with van der Waals surface area (Å²) in [5.41, 5.74) is 1.88. The molecule has 2 rings (SSSR count). The minimum atomic E-state index is -4.55. The topological polar surface area (TPSA) is 96.9 Å². The Hall–Kier alpha value is -1.11. The van der Waals surface area contributed by atoms with E-state index in [1.807, 2.05) is 5.48 Å². The van der Waals surface area contributed by atoms with E-state index in [1.165, 1.54) is 51.4 Å². The van der Waals surface area contributed by atoms with Crippen molar-refractivity contribution in [1.29, 1.82) is 0 Å². The molecule has 3 N–H and O–H groups in total. The number of amides is 1. The van der Waals surface area contributed by atoms with Crippen molar-refractivity contribution in [2.45, 2.75) is 26.2 Å². The molecule has 1 atom stereocenters. The van der Waals surface area contributed by atoms with Crippen molar-refractivity contribution in [3.05, 3.63) is 30.3 Å². The predicted octanol–water partition coefficient (Wildman–Crippen LogP) is 0.580. The van der Waals surface area contributed by atoms with Gasteiger partial charge in [-0.05, 0) is 25.9 Å². The molecule has 1 aliphatic heterocycles. The summed E-state index contributed by atoms with van der Waals surface area (Å²) in [7, 11) is 0. The number of benzene rings is 1. The summed E-state index contributed by atoms with van der Waals surface area (Å²) in [4.78, 5) is 10.6. The number of hydrogen-bond acceptors (Lipinski definition) is 6. The molecule has 1 aliphatic rings. The fraction of sp³-hybridized carbons (Fsp3) is 0.462. The molecule has 1 aromatic carbocycles. The van der Waals surface area contributed by atoms with Gasteiger partial charge in [0.05, 0.1) is 0 Å². The van der Waals surface area contributed by atoms with Crippen LogP contribution in [0.25, 0.3) is 0 Å². The van der Waals surface area contributed by atoms with Crippen molar-refractivity contribution in [2.75, 3.05) is 13.1 Å². The first-order valence-corrected chi connectivity index (χ1v) is 9.97. The summed E-state index contributed by atoms with van der Waals surface area (Å²) in [6.07, 6.45) is 4.22. The quantitative estimate of drug-likeness (QED) is 0.413. The summed E-state index contributed by atoms with van der Waals surface area (Å²) in [6, 6.07) is 7.87. The van der Waals surface area contributed by atoms with Crippen LogP contribution in [0.1, 0.15) is 26.2 Å². The van der Waals surface area contributed by atoms with Crippen molar-refractivity contribution < 1.29 is 21.5 Å². The average molecular weight is 360 g/mol. The van der Waals surface area contributed by atoms with Gasteiger partial charge in [0.2, 0.25) is 0 Å². The molecule has 0 spiro atoms. The summed E-state index contributed by atoms with van der Waals surface area (Å²) >= 11 is -4.55. The molecular weight excluding hydrogens is 339 g/mol. The van der Waals surface area contributed by atoms with Crippen LogP contribution < -0.4 is 15.1 Å². The zero-order valence-electron chi connectivity index (χ0n) is 11.9. The van der Waals surface area contributed by atoms with E-state index in [0.29, 0.717) is 0 Å². The van der Waals surface area contributed by atoms with Gasteiger partial charge in [0, 0.05) is 0 Å². The van der Waals surface area contributed by atoms with Gasteiger partial charge in [-0.1, -0.05) is 6.42 Å². The van der Waals surface area contributed by atoms with Crippen LogP contribution in [0.4, 0.5) is 0 Å². The van der Waals surface area contributed by atoms with Crippen LogP contribution in [0, 0.1) is 0 Å². The number of carbonyl (C=O) groups is 1. The van der Waals surface area contributed by atoms with Gasteiger partial charge in [0.25, 0.3) is 0 Å². The van der Waals surface area contributed by atoms with Gasteiger partial charge in [-0.15, -0.1) is 0 Å². The average Bonchev–Trinajstić information content (AvgIpc) is 2.55. The summed E-state index contributed by atoms with van der Waals surface area (Å²) in [5.74, 6) is -0.537. The standard InChI is InChI=1S/C8H10AsNO5.C5H11N/c1-7(11)10-14-9(12,15-13)8-5-3-2-4-6-8;1-2-4-6-5-3-1/h2-6,13H,1H3,(H,10,11);6H,1-5H2. The number of carbonyl (C=O) groups excluding carboxylic acids is 1. The minimum absolute atomic E-state index is 0.201. The Morgan fingerprint density at radius 2 is 1.86 bits per heavy atom. The molecule has 1 saturated heterocycles.